The van der Waals surface area contributed by atoms with Crippen LogP contribution in [0.5, 0.6) is 0 Å². The van der Waals surface area contributed by atoms with Crippen molar-refractivity contribution in [2.24, 2.45) is 23.7 Å². The van der Waals surface area contributed by atoms with E-state index in [-0.39, 0.29) is 35.9 Å². The third kappa shape index (κ3) is 4.62. The van der Waals surface area contributed by atoms with Crippen molar-refractivity contribution in [1.82, 2.24) is 15.5 Å². The summed E-state index contributed by atoms with van der Waals surface area (Å²) in [7, 11) is 0. The van der Waals surface area contributed by atoms with E-state index in [1.54, 1.807) is 6.92 Å². The molecule has 2 heterocycles. The molecule has 164 valence electrons. The van der Waals surface area contributed by atoms with Gasteiger partial charge in [0.1, 0.15) is 6.17 Å². The summed E-state index contributed by atoms with van der Waals surface area (Å²) in [6.45, 7) is 5.60. The molecule has 29 heavy (non-hydrogen) atoms. The number of piperidine rings is 1. The quantitative estimate of drug-likeness (QED) is 0.756. The van der Waals surface area contributed by atoms with Crippen molar-refractivity contribution in [3.8, 4) is 0 Å². The Bertz CT molecular complexity index is 589. The molecule has 7 atom stereocenters. The summed E-state index contributed by atoms with van der Waals surface area (Å²) in [6, 6.07) is 0.165. The molecule has 7 unspecified atom stereocenters. The lowest BCUT2D eigenvalue weighted by Crippen LogP contribution is -2.50. The standard InChI is InChI=1S/C23H38FN3O2/c1-14-6-7-20(24)19-13-21(26-22(14)19)23(29)25-18-5-3-4-17(12-18)16-8-10-27(11-9-16)15(2)28/h14,16-22,26H,3-13H2,1-2H3,(H,25,29). The summed E-state index contributed by atoms with van der Waals surface area (Å²) in [4.78, 5) is 26.5. The molecule has 2 amide bonds. The first-order chi connectivity index (χ1) is 13.9. The molecule has 0 aromatic heterocycles. The number of hydrogen-bond acceptors (Lipinski definition) is 3. The second kappa shape index (κ2) is 8.91. The van der Waals surface area contributed by atoms with Crippen molar-refractivity contribution in [3.05, 3.63) is 0 Å². The van der Waals surface area contributed by atoms with E-state index in [2.05, 4.69) is 17.6 Å². The molecule has 0 aromatic rings. The highest BCUT2D eigenvalue weighted by molar-refractivity contribution is 5.82. The van der Waals surface area contributed by atoms with Crippen LogP contribution in [-0.4, -0.2) is 54.1 Å². The molecule has 0 bridgehead atoms. The fourth-order valence-electron chi connectivity index (χ4n) is 6.57. The average molecular weight is 408 g/mol. The van der Waals surface area contributed by atoms with Gasteiger partial charge in [-0.15, -0.1) is 0 Å². The summed E-state index contributed by atoms with van der Waals surface area (Å²) in [5.41, 5.74) is 0. The SMILES string of the molecule is CC(=O)N1CCC(C2CCCC(NC(=O)C3CC4C(F)CCC(C)C4N3)C2)CC1. The Balaban J connectivity index is 1.27. The summed E-state index contributed by atoms with van der Waals surface area (Å²) >= 11 is 0. The largest absolute Gasteiger partial charge is 0.352 e. The molecule has 2 aliphatic carbocycles. The third-order valence-corrected chi connectivity index (χ3v) is 8.37. The number of hydrogen-bond donors (Lipinski definition) is 2. The summed E-state index contributed by atoms with van der Waals surface area (Å²) in [5.74, 6) is 2.04. The van der Waals surface area contributed by atoms with Gasteiger partial charge in [0, 0.05) is 38.0 Å². The lowest BCUT2D eigenvalue weighted by molar-refractivity contribution is -0.130. The second-order valence-corrected chi connectivity index (χ2v) is 10.2. The van der Waals surface area contributed by atoms with Gasteiger partial charge in [-0.3, -0.25) is 9.59 Å². The maximum atomic E-state index is 14.3. The first-order valence-electron chi connectivity index (χ1n) is 11.9. The van der Waals surface area contributed by atoms with Crippen LogP contribution in [0.25, 0.3) is 0 Å². The fraction of sp³-hybridized carbons (Fsp3) is 0.913. The van der Waals surface area contributed by atoms with Gasteiger partial charge in [-0.25, -0.2) is 4.39 Å². The highest BCUT2D eigenvalue weighted by Gasteiger charge is 2.46. The Hall–Kier alpha value is -1.17. The Kier molecular flexibility index (Phi) is 6.47. The topological polar surface area (TPSA) is 61.4 Å². The average Bonchev–Trinajstić information content (AvgIpc) is 3.18. The smallest absolute Gasteiger partial charge is 0.237 e. The molecule has 4 aliphatic rings. The van der Waals surface area contributed by atoms with Crippen LogP contribution in [0.1, 0.15) is 71.6 Å². The lowest BCUT2D eigenvalue weighted by atomic mass is 9.74. The van der Waals surface area contributed by atoms with E-state index >= 15 is 0 Å². The van der Waals surface area contributed by atoms with E-state index in [0.717, 1.165) is 51.6 Å². The van der Waals surface area contributed by atoms with Crippen LogP contribution < -0.4 is 10.6 Å². The van der Waals surface area contributed by atoms with Crippen LogP contribution in [-0.2, 0) is 9.59 Å². The highest BCUT2D eigenvalue weighted by Crippen LogP contribution is 2.39. The molecule has 2 saturated carbocycles. The van der Waals surface area contributed by atoms with Crippen LogP contribution >= 0.6 is 0 Å². The molecule has 0 spiro atoms. The predicted molar refractivity (Wildman–Crippen MR) is 111 cm³/mol. The van der Waals surface area contributed by atoms with Crippen molar-refractivity contribution in [1.29, 1.82) is 0 Å². The number of rotatable bonds is 3. The second-order valence-electron chi connectivity index (χ2n) is 10.2. The predicted octanol–water partition coefficient (Wildman–Crippen LogP) is 3.03. The summed E-state index contributed by atoms with van der Waals surface area (Å²) in [6.07, 6.45) is 8.13. The molecule has 2 saturated heterocycles. The zero-order chi connectivity index (χ0) is 20.5. The Morgan fingerprint density at radius 2 is 1.76 bits per heavy atom. The van der Waals surface area contributed by atoms with Crippen molar-refractivity contribution in [2.75, 3.05) is 13.1 Å². The Morgan fingerprint density at radius 3 is 2.45 bits per heavy atom. The highest BCUT2D eigenvalue weighted by atomic mass is 19.1. The van der Waals surface area contributed by atoms with Crippen LogP contribution in [0, 0.1) is 23.7 Å². The zero-order valence-electron chi connectivity index (χ0n) is 18.0. The maximum absolute atomic E-state index is 14.3. The first-order valence-corrected chi connectivity index (χ1v) is 11.9. The van der Waals surface area contributed by atoms with Crippen molar-refractivity contribution >= 4 is 11.8 Å². The molecule has 6 heteroatoms. The first kappa shape index (κ1) is 21.1. The van der Waals surface area contributed by atoms with Gasteiger partial charge in [0.15, 0.2) is 0 Å². The number of fused-ring (bicyclic) bond motifs is 1. The number of amides is 2. The minimum atomic E-state index is -0.763. The summed E-state index contributed by atoms with van der Waals surface area (Å²) < 4.78 is 14.3. The van der Waals surface area contributed by atoms with E-state index in [4.69, 9.17) is 0 Å². The number of nitrogens with one attached hydrogen (secondary N) is 2. The van der Waals surface area contributed by atoms with E-state index in [1.807, 2.05) is 4.90 Å². The molecule has 2 aliphatic heterocycles. The van der Waals surface area contributed by atoms with Crippen LogP contribution in [0.15, 0.2) is 0 Å². The number of nitrogens with zero attached hydrogens (tertiary/aromatic N) is 1. The number of carbonyl (C=O) groups is 2. The Labute approximate surface area is 174 Å². The normalized spacial score (nSPS) is 41.1. The number of halogens is 1. The lowest BCUT2D eigenvalue weighted by Gasteiger charge is -2.39. The van der Waals surface area contributed by atoms with Crippen molar-refractivity contribution in [2.45, 2.75) is 95.9 Å². The van der Waals surface area contributed by atoms with Gasteiger partial charge in [-0.05, 0) is 62.7 Å². The van der Waals surface area contributed by atoms with Gasteiger partial charge in [-0.2, -0.15) is 0 Å². The third-order valence-electron chi connectivity index (χ3n) is 8.37. The summed E-state index contributed by atoms with van der Waals surface area (Å²) in [5, 5.41) is 6.77. The molecule has 4 rings (SSSR count). The number of likely N-dealkylation sites (tertiary alicyclic amines) is 1. The fourth-order valence-corrected chi connectivity index (χ4v) is 6.57. The number of carbonyl (C=O) groups excluding carboxylic acids is 2. The van der Waals surface area contributed by atoms with Gasteiger partial charge in [-0.1, -0.05) is 19.8 Å². The molecule has 0 radical (unpaired) electrons. The molecular weight excluding hydrogens is 369 g/mol. The van der Waals surface area contributed by atoms with Gasteiger partial charge in [0.25, 0.3) is 0 Å². The molecule has 0 aromatic carbocycles. The van der Waals surface area contributed by atoms with E-state index in [0.29, 0.717) is 30.6 Å². The minimum absolute atomic E-state index is 0.0000602. The van der Waals surface area contributed by atoms with Gasteiger partial charge in [0.2, 0.25) is 11.8 Å². The zero-order valence-corrected chi connectivity index (χ0v) is 18.0. The van der Waals surface area contributed by atoms with Crippen molar-refractivity contribution in [3.63, 3.8) is 0 Å². The van der Waals surface area contributed by atoms with Crippen LogP contribution in [0.4, 0.5) is 4.39 Å². The van der Waals surface area contributed by atoms with Crippen LogP contribution in [0.2, 0.25) is 0 Å². The monoisotopic (exact) mass is 407 g/mol. The molecule has 2 N–H and O–H groups in total. The van der Waals surface area contributed by atoms with E-state index in [1.165, 1.54) is 6.42 Å². The molecule has 5 nitrogen and oxygen atoms in total. The van der Waals surface area contributed by atoms with E-state index in [9.17, 15) is 14.0 Å². The van der Waals surface area contributed by atoms with E-state index < -0.39 is 6.17 Å². The van der Waals surface area contributed by atoms with Gasteiger partial charge < -0.3 is 15.5 Å². The van der Waals surface area contributed by atoms with Crippen molar-refractivity contribution < 1.29 is 14.0 Å². The molecule has 4 fully saturated rings. The van der Waals surface area contributed by atoms with Gasteiger partial charge in [0.05, 0.1) is 6.04 Å². The minimum Gasteiger partial charge on any atom is -0.352 e. The number of alkyl halides is 1. The van der Waals surface area contributed by atoms with Gasteiger partial charge >= 0.3 is 0 Å². The Morgan fingerprint density at radius 1 is 1.00 bits per heavy atom. The molecular formula is C23H38FN3O2. The van der Waals surface area contributed by atoms with Crippen LogP contribution in [0.3, 0.4) is 0 Å². The maximum Gasteiger partial charge on any atom is 0.237 e.